The second-order valence-corrected chi connectivity index (χ2v) is 16.4. The quantitative estimate of drug-likeness (QED) is 0.178. The molecule has 3 aromatic heterocycles. The van der Waals surface area contributed by atoms with Crippen molar-refractivity contribution in [1.82, 2.24) is 33.9 Å². The highest BCUT2D eigenvalue weighted by Crippen LogP contribution is 2.61. The second-order valence-electron chi connectivity index (χ2n) is 13.5. The van der Waals surface area contributed by atoms with Crippen LogP contribution in [0.5, 0.6) is 0 Å². The number of nitrogens with zero attached hydrogens (tertiary/aromatic N) is 7. The number of Topliss-reactive ketones (excluding diaryl/α,β-unsaturated/α-hetero) is 1. The molecule has 1 aromatic carbocycles. The van der Waals surface area contributed by atoms with Crippen LogP contribution in [0.15, 0.2) is 53.4 Å². The summed E-state index contributed by atoms with van der Waals surface area (Å²) < 4.78 is 29.7. The molecule has 1 saturated heterocycles. The smallest absolute Gasteiger partial charge is 0.248 e. The molecular formula is C35H37BrN8O5S. The summed E-state index contributed by atoms with van der Waals surface area (Å²) in [5, 5.41) is 8.11. The largest absolute Gasteiger partial charge is 0.325 e. The third-order valence-electron chi connectivity index (χ3n) is 9.97. The van der Waals surface area contributed by atoms with E-state index in [-0.39, 0.29) is 47.0 Å². The Morgan fingerprint density at radius 3 is 2.60 bits per heavy atom. The summed E-state index contributed by atoms with van der Waals surface area (Å²) in [5.41, 5.74) is 3.34. The number of allylic oxidation sites excluding steroid dienone is 1. The van der Waals surface area contributed by atoms with E-state index in [0.29, 0.717) is 59.1 Å². The van der Waals surface area contributed by atoms with Gasteiger partial charge >= 0.3 is 0 Å². The molecule has 1 N–H and O–H groups in total. The molecule has 13 nitrogen and oxygen atoms in total. The number of fused-ring (bicyclic) bond motifs is 3. The molecule has 7 rings (SSSR count). The molecule has 3 atom stereocenters. The molecule has 5 heterocycles. The highest BCUT2D eigenvalue weighted by molar-refractivity contribution is 9.10. The van der Waals surface area contributed by atoms with Crippen molar-refractivity contribution in [1.29, 1.82) is 0 Å². The number of hydrogen-bond donors (Lipinski definition) is 1. The fraction of sp³-hybridized carbons (Fsp3) is 0.400. The molecule has 50 heavy (non-hydrogen) atoms. The lowest BCUT2D eigenvalue weighted by Gasteiger charge is -2.27. The summed E-state index contributed by atoms with van der Waals surface area (Å²) >= 11 is 3.34. The number of nitrogens with one attached hydrogen (secondary N) is 1. The standard InChI is InChI=1S/C35H37BrN8O5S/c1-20-12-24(25-16-37-22(3)38-17-25)13-26-31(21(2)45)41-43(32(20)26)18-30(46)44-27-14-35(15-28(35)44)10-6-5-7-11-42(4)50(48,49)19-23-8-9-29(36)39-33(23)40-34(27)47/h6,8-10,12-13,16-17,27-28H,5,7,11,14-15,18-19H2,1-4H3,(H,39,40,47)/b10-6+/t27-,28+,35-/m0/s1. The molecule has 260 valence electrons. The molecule has 1 saturated carbocycles. The lowest BCUT2D eigenvalue weighted by atomic mass is 9.98. The molecule has 1 spiro atoms. The highest BCUT2D eigenvalue weighted by atomic mass is 79.9. The number of aromatic nitrogens is 5. The van der Waals surface area contributed by atoms with Gasteiger partial charge < -0.3 is 10.2 Å². The van der Waals surface area contributed by atoms with E-state index in [0.717, 1.165) is 16.7 Å². The van der Waals surface area contributed by atoms with Gasteiger partial charge in [0.1, 0.15) is 34.5 Å². The van der Waals surface area contributed by atoms with Gasteiger partial charge in [-0.25, -0.2) is 27.7 Å². The Kier molecular flexibility index (Phi) is 8.71. The average molecular weight is 762 g/mol. The third-order valence-corrected chi connectivity index (χ3v) is 12.2. The van der Waals surface area contributed by atoms with Crippen LogP contribution in [-0.2, 0) is 31.9 Å². The van der Waals surface area contributed by atoms with E-state index in [2.05, 4.69) is 47.4 Å². The number of anilines is 1. The number of carbonyl (C=O) groups is 3. The Morgan fingerprint density at radius 1 is 1.10 bits per heavy atom. The zero-order chi connectivity index (χ0) is 35.5. The summed E-state index contributed by atoms with van der Waals surface area (Å²) in [7, 11) is -2.12. The predicted octanol–water partition coefficient (Wildman–Crippen LogP) is 4.58. The van der Waals surface area contributed by atoms with Gasteiger partial charge in [0.2, 0.25) is 21.8 Å². The number of hydrogen-bond acceptors (Lipinski definition) is 9. The first-order valence-corrected chi connectivity index (χ1v) is 18.9. The number of pyridine rings is 1. The molecule has 4 aromatic rings. The molecule has 2 amide bonds. The number of rotatable bonds is 4. The molecule has 3 aliphatic rings. The first kappa shape index (κ1) is 34.1. The minimum Gasteiger partial charge on any atom is -0.325 e. The van der Waals surface area contributed by atoms with Crippen LogP contribution in [0.1, 0.15) is 60.0 Å². The average Bonchev–Trinajstić information content (AvgIpc) is 3.46. The Labute approximate surface area is 298 Å². The maximum Gasteiger partial charge on any atom is 0.248 e. The Balaban J connectivity index is 1.24. The number of halogens is 1. The molecule has 0 radical (unpaired) electrons. The molecule has 0 unspecified atom stereocenters. The van der Waals surface area contributed by atoms with Crippen molar-refractivity contribution >= 4 is 60.3 Å². The van der Waals surface area contributed by atoms with Crippen LogP contribution < -0.4 is 5.32 Å². The second kappa shape index (κ2) is 12.8. The lowest BCUT2D eigenvalue weighted by molar-refractivity contribution is -0.138. The normalized spacial score (nSPS) is 24.1. The maximum atomic E-state index is 14.4. The van der Waals surface area contributed by atoms with E-state index in [1.807, 2.05) is 32.1 Å². The van der Waals surface area contributed by atoms with Gasteiger partial charge in [0, 0.05) is 60.9 Å². The number of ketones is 1. The zero-order valence-electron chi connectivity index (χ0n) is 28.2. The van der Waals surface area contributed by atoms with E-state index < -0.39 is 22.0 Å². The van der Waals surface area contributed by atoms with Crippen molar-refractivity contribution in [2.75, 3.05) is 18.9 Å². The molecule has 2 bridgehead atoms. The summed E-state index contributed by atoms with van der Waals surface area (Å²) in [4.78, 5) is 55.9. The van der Waals surface area contributed by atoms with Gasteiger partial charge in [0.25, 0.3) is 0 Å². The molecule has 15 heteroatoms. The van der Waals surface area contributed by atoms with Crippen LogP contribution in [-0.4, -0.2) is 85.6 Å². The zero-order valence-corrected chi connectivity index (χ0v) is 30.6. The summed E-state index contributed by atoms with van der Waals surface area (Å²) in [5.74, 6) is -0.538. The van der Waals surface area contributed by atoms with Gasteiger partial charge in [0.05, 0.1) is 11.3 Å². The highest BCUT2D eigenvalue weighted by Gasteiger charge is 2.65. The van der Waals surface area contributed by atoms with E-state index >= 15 is 0 Å². The van der Waals surface area contributed by atoms with E-state index in [4.69, 9.17) is 0 Å². The summed E-state index contributed by atoms with van der Waals surface area (Å²) in [6, 6.07) is 6.09. The molecular weight excluding hydrogens is 724 g/mol. The first-order valence-electron chi connectivity index (χ1n) is 16.5. The number of benzene rings is 1. The summed E-state index contributed by atoms with van der Waals surface area (Å²) in [6.45, 7) is 5.34. The maximum absolute atomic E-state index is 14.4. The van der Waals surface area contributed by atoms with Crippen molar-refractivity contribution in [2.24, 2.45) is 5.41 Å². The number of amides is 2. The Bertz CT molecular complexity index is 2200. The first-order chi connectivity index (χ1) is 23.8. The van der Waals surface area contributed by atoms with Gasteiger partial charge in [-0.2, -0.15) is 5.10 Å². The van der Waals surface area contributed by atoms with Crippen LogP contribution >= 0.6 is 15.9 Å². The third kappa shape index (κ3) is 6.26. The van der Waals surface area contributed by atoms with Crippen LogP contribution in [0.3, 0.4) is 0 Å². The van der Waals surface area contributed by atoms with Gasteiger partial charge in [-0.05, 0) is 84.8 Å². The number of sulfonamides is 1. The molecule has 2 aliphatic heterocycles. The molecule has 1 aliphatic carbocycles. The van der Waals surface area contributed by atoms with E-state index in [9.17, 15) is 22.8 Å². The van der Waals surface area contributed by atoms with Gasteiger partial charge in [-0.15, -0.1) is 0 Å². The van der Waals surface area contributed by atoms with Crippen molar-refractivity contribution in [3.05, 3.63) is 76.1 Å². The number of aryl methyl sites for hydroxylation is 2. The van der Waals surface area contributed by atoms with Gasteiger partial charge in [0.15, 0.2) is 5.78 Å². The van der Waals surface area contributed by atoms with Crippen LogP contribution in [0, 0.1) is 19.3 Å². The Hall–Kier alpha value is -4.34. The predicted molar refractivity (Wildman–Crippen MR) is 191 cm³/mol. The minimum atomic E-state index is -3.68. The van der Waals surface area contributed by atoms with Crippen molar-refractivity contribution < 1.29 is 22.8 Å². The van der Waals surface area contributed by atoms with Crippen LogP contribution in [0.25, 0.3) is 22.0 Å². The SMILES string of the molecule is CC(=O)c1nn(CC(=O)N2[C@H]3C[C@@]4(/C=C/CCCN(C)S(=O)(=O)Cc5ccc(Br)nc5NC3=O)C[C@@H]24)c2c(C)cc(-c3cnc(C)nc3)cc12. The van der Waals surface area contributed by atoms with Gasteiger partial charge in [-0.1, -0.05) is 18.2 Å². The fourth-order valence-electron chi connectivity index (χ4n) is 7.29. The van der Waals surface area contributed by atoms with Crippen molar-refractivity contribution in [3.63, 3.8) is 0 Å². The monoisotopic (exact) mass is 760 g/mol. The van der Waals surface area contributed by atoms with Crippen molar-refractivity contribution in [3.8, 4) is 11.1 Å². The number of piperidine rings is 1. The number of carbonyl (C=O) groups excluding carboxylic acids is 3. The van der Waals surface area contributed by atoms with Gasteiger partial charge in [-0.3, -0.25) is 19.1 Å². The van der Waals surface area contributed by atoms with Crippen molar-refractivity contribution in [2.45, 2.75) is 70.8 Å². The van der Waals surface area contributed by atoms with Crippen LogP contribution in [0.2, 0.25) is 0 Å². The topological polar surface area (TPSA) is 160 Å². The fourth-order valence-corrected chi connectivity index (χ4v) is 8.85. The lowest BCUT2D eigenvalue weighted by Crippen LogP contribution is -2.47. The van der Waals surface area contributed by atoms with E-state index in [1.165, 1.54) is 11.2 Å². The molecule has 2 fully saturated rings. The Morgan fingerprint density at radius 2 is 1.86 bits per heavy atom. The number of likely N-dealkylation sites (tertiary alicyclic amines) is 1. The van der Waals surface area contributed by atoms with Crippen LogP contribution in [0.4, 0.5) is 5.82 Å². The summed E-state index contributed by atoms with van der Waals surface area (Å²) in [6.07, 6.45) is 10.0. The minimum absolute atomic E-state index is 0.128. The van der Waals surface area contributed by atoms with E-state index in [1.54, 1.807) is 41.2 Å².